The number of rotatable bonds is 8. The van der Waals surface area contributed by atoms with Crippen molar-refractivity contribution in [2.45, 2.75) is 39.5 Å². The Morgan fingerprint density at radius 3 is 2.48 bits per heavy atom. The zero-order valence-corrected chi connectivity index (χ0v) is 19.7. The predicted molar refractivity (Wildman–Crippen MR) is 123 cm³/mol. The molecule has 0 bridgehead atoms. The van der Waals surface area contributed by atoms with Gasteiger partial charge in [0.1, 0.15) is 12.4 Å². The van der Waals surface area contributed by atoms with E-state index < -0.39 is 0 Å². The minimum absolute atomic E-state index is 0.0510. The monoisotopic (exact) mass is 429 g/mol. The van der Waals surface area contributed by atoms with E-state index in [1.807, 2.05) is 37.3 Å². The van der Waals surface area contributed by atoms with Crippen LogP contribution in [0.25, 0.3) is 5.69 Å². The number of methoxy groups -OCH3 is 1. The van der Waals surface area contributed by atoms with Crippen molar-refractivity contribution in [3.05, 3.63) is 41.6 Å². The van der Waals surface area contributed by atoms with Gasteiger partial charge in [0, 0.05) is 45.8 Å². The van der Waals surface area contributed by atoms with Crippen molar-refractivity contribution >= 4 is 17.8 Å². The van der Waals surface area contributed by atoms with Crippen LogP contribution in [0.3, 0.4) is 0 Å². The first-order valence-electron chi connectivity index (χ1n) is 10.5. The maximum Gasteiger partial charge on any atom is 0.319 e. The van der Waals surface area contributed by atoms with Gasteiger partial charge in [0.15, 0.2) is 0 Å². The Morgan fingerprint density at radius 1 is 1.19 bits per heavy atom. The Balaban J connectivity index is 2.27. The molecule has 1 N–H and O–H groups in total. The molecule has 2 rings (SSSR count). The second kappa shape index (κ2) is 10.4. The molecule has 31 heavy (non-hydrogen) atoms. The Hall–Kier alpha value is -2.87. The molecule has 0 aliphatic carbocycles. The molecule has 3 amide bonds. The molecule has 0 atom stereocenters. The van der Waals surface area contributed by atoms with E-state index in [0.717, 1.165) is 16.9 Å². The van der Waals surface area contributed by atoms with E-state index in [-0.39, 0.29) is 23.9 Å². The summed E-state index contributed by atoms with van der Waals surface area (Å²) in [6, 6.07) is 9.62. The van der Waals surface area contributed by atoms with Crippen molar-refractivity contribution in [2.24, 2.45) is 0 Å². The summed E-state index contributed by atoms with van der Waals surface area (Å²) in [5.74, 6) is 0.302. The number of nitrogens with one attached hydrogen (secondary N) is 1. The average Bonchev–Trinajstić information content (AvgIpc) is 3.11. The number of amides is 3. The number of carbonyl (C=O) groups is 2. The van der Waals surface area contributed by atoms with Crippen LogP contribution in [0.5, 0.6) is 0 Å². The van der Waals surface area contributed by atoms with Crippen LogP contribution >= 0.6 is 0 Å². The zero-order valence-electron chi connectivity index (χ0n) is 19.7. The van der Waals surface area contributed by atoms with Crippen LogP contribution in [0, 0.1) is 6.92 Å². The van der Waals surface area contributed by atoms with Crippen LogP contribution in [0.1, 0.15) is 38.4 Å². The maximum atomic E-state index is 12.9. The molecule has 1 heterocycles. The molecule has 0 saturated carbocycles. The number of nitrogens with zero attached hydrogens (tertiary/aromatic N) is 4. The number of aryl methyl sites for hydroxylation is 1. The molecule has 2 aromatic rings. The van der Waals surface area contributed by atoms with Gasteiger partial charge in [-0.2, -0.15) is 5.10 Å². The van der Waals surface area contributed by atoms with Gasteiger partial charge < -0.3 is 19.9 Å². The van der Waals surface area contributed by atoms with Crippen LogP contribution in [-0.2, 0) is 14.9 Å². The standard InChI is InChI=1S/C23H35N5O3/c1-17-10-8-11-18(14-17)28-20(15-19(25-28)23(2,3)4)24-21(29)16-27(12-9-13-31-7)22(30)26(5)6/h8,10-11,14-15H,9,12-13,16H2,1-7H3,(H,24,29). The van der Waals surface area contributed by atoms with E-state index in [0.29, 0.717) is 25.4 Å². The highest BCUT2D eigenvalue weighted by Crippen LogP contribution is 2.26. The number of aromatic nitrogens is 2. The van der Waals surface area contributed by atoms with Crippen molar-refractivity contribution in [1.29, 1.82) is 0 Å². The molecule has 0 fully saturated rings. The lowest BCUT2D eigenvalue weighted by molar-refractivity contribution is -0.117. The van der Waals surface area contributed by atoms with Gasteiger partial charge in [0.05, 0.1) is 11.4 Å². The molecule has 0 spiro atoms. The fourth-order valence-corrected chi connectivity index (χ4v) is 3.07. The summed E-state index contributed by atoms with van der Waals surface area (Å²) in [7, 11) is 4.96. The minimum atomic E-state index is -0.276. The van der Waals surface area contributed by atoms with Crippen molar-refractivity contribution in [3.8, 4) is 5.69 Å². The Bertz CT molecular complexity index is 899. The number of urea groups is 1. The number of anilines is 1. The number of carbonyl (C=O) groups excluding carboxylic acids is 2. The van der Waals surface area contributed by atoms with Crippen LogP contribution in [0.15, 0.2) is 30.3 Å². The fourth-order valence-electron chi connectivity index (χ4n) is 3.07. The molecule has 8 heteroatoms. The largest absolute Gasteiger partial charge is 0.385 e. The third kappa shape index (κ3) is 6.82. The molecule has 1 aromatic heterocycles. The molecule has 0 saturated heterocycles. The Kier molecular flexibility index (Phi) is 8.21. The summed E-state index contributed by atoms with van der Waals surface area (Å²) in [6.45, 7) is 9.15. The molecular formula is C23H35N5O3. The number of hydrogen-bond acceptors (Lipinski definition) is 4. The van der Waals surface area contributed by atoms with E-state index in [1.165, 1.54) is 9.80 Å². The molecule has 0 unspecified atom stereocenters. The highest BCUT2D eigenvalue weighted by atomic mass is 16.5. The smallest absolute Gasteiger partial charge is 0.319 e. The summed E-state index contributed by atoms with van der Waals surface area (Å²) in [4.78, 5) is 28.4. The van der Waals surface area contributed by atoms with E-state index in [1.54, 1.807) is 25.9 Å². The van der Waals surface area contributed by atoms with Crippen LogP contribution in [0.4, 0.5) is 10.6 Å². The van der Waals surface area contributed by atoms with Crippen molar-refractivity contribution in [3.63, 3.8) is 0 Å². The summed E-state index contributed by atoms with van der Waals surface area (Å²) in [5, 5.41) is 7.70. The topological polar surface area (TPSA) is 79.7 Å². The first-order valence-corrected chi connectivity index (χ1v) is 10.5. The third-order valence-electron chi connectivity index (χ3n) is 4.76. The van der Waals surface area contributed by atoms with Gasteiger partial charge in [-0.15, -0.1) is 0 Å². The lowest BCUT2D eigenvalue weighted by Gasteiger charge is -2.25. The lowest BCUT2D eigenvalue weighted by Crippen LogP contribution is -2.44. The fraction of sp³-hybridized carbons (Fsp3) is 0.522. The van der Waals surface area contributed by atoms with Gasteiger partial charge in [0.25, 0.3) is 0 Å². The van der Waals surface area contributed by atoms with Gasteiger partial charge in [-0.25, -0.2) is 9.48 Å². The van der Waals surface area contributed by atoms with Gasteiger partial charge in [0.2, 0.25) is 5.91 Å². The summed E-state index contributed by atoms with van der Waals surface area (Å²) >= 11 is 0. The second-order valence-corrected chi connectivity index (χ2v) is 8.91. The molecular weight excluding hydrogens is 394 g/mol. The lowest BCUT2D eigenvalue weighted by atomic mass is 9.92. The van der Waals surface area contributed by atoms with E-state index in [9.17, 15) is 9.59 Å². The second-order valence-electron chi connectivity index (χ2n) is 8.91. The SMILES string of the molecule is COCCCN(CC(=O)Nc1cc(C(C)(C)C)nn1-c1cccc(C)c1)C(=O)N(C)C. The number of ether oxygens (including phenoxy) is 1. The minimum Gasteiger partial charge on any atom is -0.385 e. The first-order chi connectivity index (χ1) is 14.5. The van der Waals surface area contributed by atoms with Crippen molar-refractivity contribution in [1.82, 2.24) is 19.6 Å². The van der Waals surface area contributed by atoms with Gasteiger partial charge in [-0.3, -0.25) is 4.79 Å². The molecule has 0 aliphatic heterocycles. The molecule has 0 aliphatic rings. The summed E-state index contributed by atoms with van der Waals surface area (Å²) in [6.07, 6.45) is 0.652. The Labute approximate surface area is 185 Å². The Morgan fingerprint density at radius 2 is 1.90 bits per heavy atom. The van der Waals surface area contributed by atoms with Gasteiger partial charge in [-0.1, -0.05) is 32.9 Å². The zero-order chi connectivity index (χ0) is 23.2. The average molecular weight is 430 g/mol. The third-order valence-corrected chi connectivity index (χ3v) is 4.76. The maximum absolute atomic E-state index is 12.9. The van der Waals surface area contributed by atoms with Gasteiger partial charge >= 0.3 is 6.03 Å². The normalized spacial score (nSPS) is 11.3. The quantitative estimate of drug-likeness (QED) is 0.652. The van der Waals surface area contributed by atoms with Crippen molar-refractivity contribution < 1.29 is 14.3 Å². The van der Waals surface area contributed by atoms with E-state index >= 15 is 0 Å². The summed E-state index contributed by atoms with van der Waals surface area (Å²) < 4.78 is 6.82. The van der Waals surface area contributed by atoms with E-state index in [4.69, 9.17) is 9.84 Å². The first kappa shape index (κ1) is 24.4. The molecule has 0 radical (unpaired) electrons. The van der Waals surface area contributed by atoms with Crippen LogP contribution < -0.4 is 5.32 Å². The van der Waals surface area contributed by atoms with Gasteiger partial charge in [-0.05, 0) is 31.0 Å². The van der Waals surface area contributed by atoms with Crippen LogP contribution in [0.2, 0.25) is 0 Å². The van der Waals surface area contributed by atoms with E-state index in [2.05, 4.69) is 26.1 Å². The predicted octanol–water partition coefficient (Wildman–Crippen LogP) is 3.44. The molecule has 1 aromatic carbocycles. The highest BCUT2D eigenvalue weighted by Gasteiger charge is 2.23. The molecule has 8 nitrogen and oxygen atoms in total. The highest BCUT2D eigenvalue weighted by molar-refractivity contribution is 5.94. The summed E-state index contributed by atoms with van der Waals surface area (Å²) in [5.41, 5.74) is 2.66. The number of benzene rings is 1. The number of hydrogen-bond donors (Lipinski definition) is 1. The molecule has 170 valence electrons. The van der Waals surface area contributed by atoms with Crippen LogP contribution in [-0.4, -0.2) is 72.4 Å². The van der Waals surface area contributed by atoms with Crippen molar-refractivity contribution in [2.75, 3.05) is 46.2 Å².